The van der Waals surface area contributed by atoms with Gasteiger partial charge in [-0.3, -0.25) is 0 Å². The van der Waals surface area contributed by atoms with Crippen LogP contribution in [-0.4, -0.2) is 6.71 Å². The molecule has 0 radical (unpaired) electrons. The van der Waals surface area contributed by atoms with E-state index < -0.39 is 0 Å². The first-order valence-corrected chi connectivity index (χ1v) is 21.8. The topological polar surface area (TPSA) is 19.6 Å². The molecule has 0 spiro atoms. The molecule has 1 aromatic heterocycles. The minimum Gasteiger partial charge on any atom is -0.456 e. The fraction of sp³-hybridized carbons (Fsp3) is 0.345. The Hall–Kier alpha value is -5.22. The van der Waals surface area contributed by atoms with Crippen LogP contribution in [0.25, 0.3) is 21.9 Å². The van der Waals surface area contributed by atoms with Crippen LogP contribution >= 0.6 is 0 Å². The molecule has 3 nitrogen and oxygen atoms in total. The van der Waals surface area contributed by atoms with Crippen molar-refractivity contribution in [1.82, 2.24) is 0 Å². The highest BCUT2D eigenvalue weighted by Crippen LogP contribution is 2.51. The second-order valence-corrected chi connectivity index (χ2v) is 21.6. The standard InChI is InChI=1S/C55H59BN2O/c1-32-24-47-51-48(25-32)58(44-20-18-35(26-34(44)3)52(4,5)6)46-30-40-39(54(10,11)22-23-55(40,12)13)29-41(46)56(51)42-31-50-38(28-45(42)57(47)43-17-15-14-16-33(43)2)37-27-36(53(7,8)9)19-21-49(37)59-50/h14-21,24-31H,22-23H2,1-13H3. The van der Waals surface area contributed by atoms with Gasteiger partial charge in [-0.2, -0.15) is 0 Å². The largest absolute Gasteiger partial charge is 0.456 e. The van der Waals surface area contributed by atoms with Crippen LogP contribution in [0.3, 0.4) is 0 Å². The van der Waals surface area contributed by atoms with Crippen LogP contribution in [0.4, 0.5) is 34.1 Å². The van der Waals surface area contributed by atoms with Crippen LogP contribution in [0.5, 0.6) is 0 Å². The van der Waals surface area contributed by atoms with Gasteiger partial charge in [0.05, 0.1) is 0 Å². The Bertz CT molecular complexity index is 2910. The van der Waals surface area contributed by atoms with E-state index in [4.69, 9.17) is 4.42 Å². The smallest absolute Gasteiger partial charge is 0.252 e. The zero-order valence-corrected chi connectivity index (χ0v) is 37.5. The minimum absolute atomic E-state index is 0.00478. The minimum atomic E-state index is 0.00478. The van der Waals surface area contributed by atoms with Crippen molar-refractivity contribution in [1.29, 1.82) is 0 Å². The summed E-state index contributed by atoms with van der Waals surface area (Å²) in [4.78, 5) is 5.20. The third kappa shape index (κ3) is 5.68. The molecule has 0 unspecified atom stereocenters. The maximum Gasteiger partial charge on any atom is 0.252 e. The molecule has 0 amide bonds. The Morgan fingerprint density at radius 2 is 1.05 bits per heavy atom. The average molecular weight is 775 g/mol. The molecule has 7 aromatic rings. The number of anilines is 6. The molecule has 0 fully saturated rings. The van der Waals surface area contributed by atoms with Crippen molar-refractivity contribution < 1.29 is 4.42 Å². The molecular formula is C55H59BN2O. The van der Waals surface area contributed by atoms with Gasteiger partial charge in [0, 0.05) is 44.9 Å². The number of para-hydroxylation sites is 1. The third-order valence-electron chi connectivity index (χ3n) is 14.3. The fourth-order valence-corrected chi connectivity index (χ4v) is 10.6. The van der Waals surface area contributed by atoms with Crippen LogP contribution in [0.2, 0.25) is 0 Å². The number of furan rings is 1. The molecule has 0 atom stereocenters. The zero-order chi connectivity index (χ0) is 41.7. The molecule has 3 aliphatic rings. The highest BCUT2D eigenvalue weighted by molar-refractivity contribution is 7.00. The summed E-state index contributed by atoms with van der Waals surface area (Å²) in [7, 11) is 0. The van der Waals surface area contributed by atoms with Gasteiger partial charge in [-0.1, -0.05) is 112 Å². The molecule has 3 heterocycles. The predicted molar refractivity (Wildman–Crippen MR) is 255 cm³/mol. The summed E-state index contributed by atoms with van der Waals surface area (Å²) in [6.07, 6.45) is 2.34. The highest BCUT2D eigenvalue weighted by Gasteiger charge is 2.47. The molecule has 4 heteroatoms. The van der Waals surface area contributed by atoms with E-state index >= 15 is 0 Å². The van der Waals surface area contributed by atoms with Gasteiger partial charge in [0.15, 0.2) is 0 Å². The average Bonchev–Trinajstić information content (AvgIpc) is 3.52. The Labute approximate surface area is 352 Å². The summed E-state index contributed by atoms with van der Waals surface area (Å²) in [5.41, 5.74) is 23.1. The number of fused-ring (bicyclic) bond motifs is 8. The second-order valence-electron chi connectivity index (χ2n) is 21.6. The number of aryl methyl sites for hydroxylation is 3. The molecule has 6 aromatic carbocycles. The molecule has 0 N–H and O–H groups in total. The monoisotopic (exact) mass is 774 g/mol. The molecule has 0 saturated carbocycles. The van der Waals surface area contributed by atoms with Gasteiger partial charge in [-0.25, -0.2) is 0 Å². The van der Waals surface area contributed by atoms with Crippen molar-refractivity contribution in [2.45, 2.75) is 125 Å². The van der Waals surface area contributed by atoms with E-state index in [1.165, 1.54) is 113 Å². The highest BCUT2D eigenvalue weighted by atomic mass is 16.3. The molecule has 0 saturated heterocycles. The summed E-state index contributed by atoms with van der Waals surface area (Å²) in [5.74, 6) is 0. The van der Waals surface area contributed by atoms with Crippen molar-refractivity contribution in [3.8, 4) is 0 Å². The lowest BCUT2D eigenvalue weighted by atomic mass is 9.33. The van der Waals surface area contributed by atoms with Crippen LogP contribution < -0.4 is 26.2 Å². The first-order chi connectivity index (χ1) is 27.7. The van der Waals surface area contributed by atoms with Gasteiger partial charge in [0.2, 0.25) is 0 Å². The first kappa shape index (κ1) is 38.0. The van der Waals surface area contributed by atoms with Crippen molar-refractivity contribution in [2.24, 2.45) is 0 Å². The molecular weight excluding hydrogens is 715 g/mol. The van der Waals surface area contributed by atoms with E-state index in [2.05, 4.69) is 197 Å². The number of rotatable bonds is 2. The van der Waals surface area contributed by atoms with E-state index in [0.29, 0.717) is 0 Å². The molecule has 2 aliphatic heterocycles. The zero-order valence-electron chi connectivity index (χ0n) is 37.5. The lowest BCUT2D eigenvalue weighted by molar-refractivity contribution is 0.332. The van der Waals surface area contributed by atoms with Gasteiger partial charge in [0.1, 0.15) is 11.2 Å². The van der Waals surface area contributed by atoms with E-state index in [-0.39, 0.29) is 28.4 Å². The lowest BCUT2D eigenvalue weighted by Gasteiger charge is -2.47. The molecule has 10 rings (SSSR count). The summed E-state index contributed by atoms with van der Waals surface area (Å²) < 4.78 is 6.85. The van der Waals surface area contributed by atoms with Crippen molar-refractivity contribution in [3.63, 3.8) is 0 Å². The predicted octanol–water partition coefficient (Wildman–Crippen LogP) is 13.5. The maximum absolute atomic E-state index is 6.85. The van der Waals surface area contributed by atoms with Crippen LogP contribution in [0.1, 0.15) is 121 Å². The Morgan fingerprint density at radius 1 is 0.508 bits per heavy atom. The van der Waals surface area contributed by atoms with Gasteiger partial charge in [-0.05, 0) is 165 Å². The Morgan fingerprint density at radius 3 is 1.68 bits per heavy atom. The Balaban J connectivity index is 1.35. The quantitative estimate of drug-likeness (QED) is 0.163. The van der Waals surface area contributed by atoms with Crippen molar-refractivity contribution in [3.05, 3.63) is 136 Å². The summed E-state index contributed by atoms with van der Waals surface area (Å²) in [6.45, 7) is 30.5. The molecule has 1 aliphatic carbocycles. The summed E-state index contributed by atoms with van der Waals surface area (Å²) in [6, 6.07) is 37.9. The number of nitrogens with zero attached hydrogens (tertiary/aromatic N) is 2. The van der Waals surface area contributed by atoms with Crippen LogP contribution in [0.15, 0.2) is 101 Å². The van der Waals surface area contributed by atoms with Gasteiger partial charge in [0.25, 0.3) is 6.71 Å². The first-order valence-electron chi connectivity index (χ1n) is 21.8. The lowest BCUT2D eigenvalue weighted by Crippen LogP contribution is -2.62. The summed E-state index contributed by atoms with van der Waals surface area (Å²) in [5, 5.41) is 2.35. The van der Waals surface area contributed by atoms with Gasteiger partial charge in [-0.15, -0.1) is 0 Å². The Kier molecular flexibility index (Phi) is 8.00. The number of hydrogen-bond donors (Lipinski definition) is 0. The molecule has 298 valence electrons. The van der Waals surface area contributed by atoms with Gasteiger partial charge >= 0.3 is 0 Å². The number of hydrogen-bond acceptors (Lipinski definition) is 3. The van der Waals surface area contributed by atoms with Crippen molar-refractivity contribution in [2.75, 3.05) is 9.80 Å². The summed E-state index contributed by atoms with van der Waals surface area (Å²) >= 11 is 0. The molecule has 59 heavy (non-hydrogen) atoms. The van der Waals surface area contributed by atoms with E-state index in [0.717, 1.165) is 11.2 Å². The van der Waals surface area contributed by atoms with E-state index in [1.807, 2.05) is 0 Å². The molecule has 0 bridgehead atoms. The van der Waals surface area contributed by atoms with Crippen LogP contribution in [-0.2, 0) is 21.7 Å². The fourth-order valence-electron chi connectivity index (χ4n) is 10.6. The maximum atomic E-state index is 6.85. The van der Waals surface area contributed by atoms with E-state index in [9.17, 15) is 0 Å². The third-order valence-corrected chi connectivity index (χ3v) is 14.3. The normalized spacial score (nSPS) is 16.6. The second kappa shape index (κ2) is 12.4. The van der Waals surface area contributed by atoms with Crippen LogP contribution in [0, 0.1) is 20.8 Å². The van der Waals surface area contributed by atoms with Crippen molar-refractivity contribution >= 4 is 79.2 Å². The van der Waals surface area contributed by atoms with E-state index in [1.54, 1.807) is 0 Å². The van der Waals surface area contributed by atoms with Gasteiger partial charge < -0.3 is 14.2 Å². The number of benzene rings is 6. The SMILES string of the molecule is Cc1cc2c3c(c1)N(c1ccccc1C)c1cc4c(cc1B3c1cc3c(cc1N2c1ccc(C(C)(C)C)cc1C)C(C)(C)CCC3(C)C)oc1ccc(C(C)(C)C)cc14.